The van der Waals surface area contributed by atoms with Crippen LogP contribution in [0.2, 0.25) is 0 Å². The molecular formula is C55H76N8O8S. The van der Waals surface area contributed by atoms with E-state index in [1.165, 1.54) is 29.2 Å². The van der Waals surface area contributed by atoms with Crippen LogP contribution in [0.15, 0.2) is 35.8 Å². The number of fused-ring (bicyclic) bond motifs is 6. The van der Waals surface area contributed by atoms with Gasteiger partial charge in [0.2, 0.25) is 5.91 Å². The Labute approximate surface area is 428 Å². The molecule has 4 aliphatic heterocycles. The molecule has 2 amide bonds. The first kappa shape index (κ1) is 51.0. The molecule has 6 aliphatic rings. The molecule has 0 spiro atoms. The molecule has 2 aliphatic carbocycles. The van der Waals surface area contributed by atoms with E-state index in [4.69, 9.17) is 33.7 Å². The van der Waals surface area contributed by atoms with Crippen molar-refractivity contribution in [2.75, 3.05) is 77.8 Å². The maximum atomic E-state index is 14.8. The van der Waals surface area contributed by atoms with E-state index in [2.05, 4.69) is 84.0 Å². The Morgan fingerprint density at radius 1 is 1.00 bits per heavy atom. The summed E-state index contributed by atoms with van der Waals surface area (Å²) in [6, 6.07) is 7.77. The predicted molar refractivity (Wildman–Crippen MR) is 277 cm³/mol. The van der Waals surface area contributed by atoms with Gasteiger partial charge in [0.05, 0.1) is 54.4 Å². The number of thiazole rings is 1. The fraction of sp³-hybridized carbons (Fsp3) is 0.655. The van der Waals surface area contributed by atoms with Gasteiger partial charge in [-0.05, 0) is 101 Å². The lowest BCUT2D eigenvalue weighted by Gasteiger charge is -2.37. The van der Waals surface area contributed by atoms with Crippen LogP contribution in [-0.4, -0.2) is 139 Å². The summed E-state index contributed by atoms with van der Waals surface area (Å²) in [6.45, 7) is 19.7. The molecule has 4 aromatic rings. The van der Waals surface area contributed by atoms with E-state index in [9.17, 15) is 14.4 Å². The van der Waals surface area contributed by atoms with Gasteiger partial charge in [-0.25, -0.2) is 10.4 Å². The van der Waals surface area contributed by atoms with Gasteiger partial charge in [-0.15, -0.1) is 11.3 Å². The number of cyclic esters (lactones) is 1. The number of pyridine rings is 1. The predicted octanol–water partition coefficient (Wildman–Crippen LogP) is 7.49. The number of anilines is 1. The number of esters is 1. The molecule has 390 valence electrons. The maximum absolute atomic E-state index is 14.8. The largest absolute Gasteiger partial charge is 0.464 e. The molecule has 1 aromatic carbocycles. The topological polar surface area (TPSA) is 162 Å². The molecule has 7 atom stereocenters. The van der Waals surface area contributed by atoms with Crippen molar-refractivity contribution in [2.45, 2.75) is 136 Å². The molecule has 6 bridgehead atoms. The van der Waals surface area contributed by atoms with Crippen LogP contribution in [-0.2, 0) is 51.0 Å². The van der Waals surface area contributed by atoms with Gasteiger partial charge in [-0.3, -0.25) is 29.3 Å². The normalized spacial score (nSPS) is 27.0. The Kier molecular flexibility index (Phi) is 15.4. The van der Waals surface area contributed by atoms with Crippen molar-refractivity contribution in [2.24, 2.45) is 23.2 Å². The first-order chi connectivity index (χ1) is 34.8. The number of hydrazine groups is 1. The van der Waals surface area contributed by atoms with Gasteiger partial charge in [0.25, 0.3) is 5.91 Å². The minimum absolute atomic E-state index is 0.126. The van der Waals surface area contributed by atoms with Gasteiger partial charge < -0.3 is 38.5 Å². The van der Waals surface area contributed by atoms with Gasteiger partial charge in [-0.2, -0.15) is 0 Å². The molecule has 10 rings (SSSR count). The van der Waals surface area contributed by atoms with E-state index in [0.29, 0.717) is 57.2 Å². The lowest BCUT2D eigenvalue weighted by Crippen LogP contribution is -2.61. The Balaban J connectivity index is 1.12. The summed E-state index contributed by atoms with van der Waals surface area (Å²) < 4.78 is 33.6. The molecule has 72 heavy (non-hydrogen) atoms. The van der Waals surface area contributed by atoms with Crippen LogP contribution in [0.4, 0.5) is 5.69 Å². The summed E-state index contributed by atoms with van der Waals surface area (Å²) in [7, 11) is 1.74. The second kappa shape index (κ2) is 21.8. The summed E-state index contributed by atoms with van der Waals surface area (Å²) in [5.74, 6) is -0.777. The number of carbonyl (C=O) groups is 3. The highest BCUT2D eigenvalue weighted by atomic mass is 32.1. The van der Waals surface area contributed by atoms with E-state index in [1.807, 2.05) is 18.5 Å². The highest BCUT2D eigenvalue weighted by molar-refractivity contribution is 7.10. The Hall–Kier alpha value is -4.49. The lowest BCUT2D eigenvalue weighted by atomic mass is 9.84. The summed E-state index contributed by atoms with van der Waals surface area (Å²) >= 11 is 1.42. The Morgan fingerprint density at radius 2 is 1.81 bits per heavy atom. The Morgan fingerprint density at radius 3 is 2.56 bits per heavy atom. The standard InChI is InChI=1S/C55H76N8O8S/c1-8-69-50-48(58-51(64)46-33(2)34(46)3)53(65)63-20-9-11-43(59-63)54(66)71-32-55(5,6)29-42-40-27-36(44-31-72-52(50)57-44)12-15-45(40)62(23-26-70-39-16-24-68-25-17-39)49(42)41-28-38(30-56-47(41)35(4)67-7)61-19-10-18-60(21-22-61)37-13-14-37/h12,15,27-28,30-31,33-35,37,39,43,46,48,50,59H,8-11,13-14,16-26,29,32H2,1-7H3,(H,58,64)/t33-,34+,35-,43-,46?,48-,50-/m0/s1. The van der Waals surface area contributed by atoms with Crippen LogP contribution in [0.25, 0.3) is 33.4 Å². The number of methoxy groups -OCH3 is 1. The highest BCUT2D eigenvalue weighted by Crippen LogP contribution is 2.46. The number of ether oxygens (including phenoxy) is 5. The number of rotatable bonds is 13. The number of aromatic nitrogens is 3. The molecule has 3 saturated heterocycles. The molecule has 2 saturated carbocycles. The number of nitrogens with zero attached hydrogens (tertiary/aromatic N) is 6. The van der Waals surface area contributed by atoms with E-state index in [0.717, 1.165) is 102 Å². The van der Waals surface area contributed by atoms with Crippen LogP contribution in [0.1, 0.15) is 115 Å². The zero-order valence-corrected chi connectivity index (χ0v) is 44.3. The van der Waals surface area contributed by atoms with Gasteiger partial charge in [-0.1, -0.05) is 33.8 Å². The summed E-state index contributed by atoms with van der Waals surface area (Å²) in [5, 5.41) is 8.26. The lowest BCUT2D eigenvalue weighted by molar-refractivity contribution is -0.156. The summed E-state index contributed by atoms with van der Waals surface area (Å²) in [5.41, 5.74) is 10.5. The van der Waals surface area contributed by atoms with Crippen molar-refractivity contribution < 1.29 is 38.1 Å². The Bertz CT molecular complexity index is 2580. The molecule has 16 nitrogen and oxygen atoms in total. The molecule has 2 N–H and O–H groups in total. The maximum Gasteiger partial charge on any atom is 0.324 e. The van der Waals surface area contributed by atoms with Crippen LogP contribution in [0.5, 0.6) is 0 Å². The van der Waals surface area contributed by atoms with Crippen LogP contribution < -0.4 is 15.6 Å². The smallest absolute Gasteiger partial charge is 0.324 e. The monoisotopic (exact) mass is 1010 g/mol. The number of hydrogen-bond acceptors (Lipinski definition) is 14. The van der Waals surface area contributed by atoms with E-state index < -0.39 is 29.6 Å². The number of benzene rings is 1. The van der Waals surface area contributed by atoms with Crippen molar-refractivity contribution in [3.05, 3.63) is 52.1 Å². The number of carbonyl (C=O) groups excluding carboxylic acids is 3. The number of hydrogen-bond donors (Lipinski definition) is 2. The molecule has 17 heteroatoms. The van der Waals surface area contributed by atoms with Crippen molar-refractivity contribution in [1.82, 2.24) is 35.2 Å². The second-order valence-electron chi connectivity index (χ2n) is 21.9. The molecular weight excluding hydrogens is 933 g/mol. The fourth-order valence-electron chi connectivity index (χ4n) is 11.6. The van der Waals surface area contributed by atoms with Gasteiger partial charge in [0, 0.05) is 111 Å². The summed E-state index contributed by atoms with van der Waals surface area (Å²) in [4.78, 5) is 58.6. The third-order valence-corrected chi connectivity index (χ3v) is 17.2. The third-order valence-electron chi connectivity index (χ3n) is 16.3. The van der Waals surface area contributed by atoms with Gasteiger partial charge >= 0.3 is 5.97 Å². The first-order valence-electron chi connectivity index (χ1n) is 26.8. The quantitative estimate of drug-likeness (QED) is 0.127. The molecule has 0 radical (unpaired) electrons. The average Bonchev–Trinajstić information content (AvgIpc) is 4.28. The van der Waals surface area contributed by atoms with Crippen molar-refractivity contribution in [3.8, 4) is 22.5 Å². The summed E-state index contributed by atoms with van der Waals surface area (Å²) in [6.07, 6.45) is 8.02. The number of nitrogens with one attached hydrogen (secondary N) is 2. The third kappa shape index (κ3) is 10.9. The van der Waals surface area contributed by atoms with Crippen LogP contribution in [0.3, 0.4) is 0 Å². The van der Waals surface area contributed by atoms with Crippen LogP contribution in [0, 0.1) is 23.2 Å². The first-order valence-corrected chi connectivity index (χ1v) is 27.7. The average molecular weight is 1010 g/mol. The molecule has 3 aromatic heterocycles. The fourth-order valence-corrected chi connectivity index (χ4v) is 12.5. The molecule has 5 fully saturated rings. The van der Waals surface area contributed by atoms with Gasteiger partial charge in [0.1, 0.15) is 23.2 Å². The van der Waals surface area contributed by atoms with E-state index in [1.54, 1.807) is 7.11 Å². The zero-order valence-electron chi connectivity index (χ0n) is 43.5. The number of amides is 2. The minimum Gasteiger partial charge on any atom is -0.464 e. The van der Waals surface area contributed by atoms with Crippen molar-refractivity contribution in [3.63, 3.8) is 0 Å². The van der Waals surface area contributed by atoms with E-state index in [-0.39, 0.29) is 55.0 Å². The zero-order chi connectivity index (χ0) is 50.3. The SMILES string of the molecule is CCO[C@@H]1c2nc(cs2)-c2ccc3c(c2)c(c(-c2cc(N4CCCN(C5CC5)CC4)cnc2[C@H](C)OC)n3CCOC2CCOCC2)CC(C)(C)COC(=O)[C@@H]2CCCN(N2)C(=O)[C@H]1NC(=O)C1[C@@H](C)[C@H]1C. The van der Waals surface area contributed by atoms with Gasteiger partial charge in [0.15, 0.2) is 0 Å². The van der Waals surface area contributed by atoms with Crippen LogP contribution >= 0.6 is 11.3 Å². The van der Waals surface area contributed by atoms with Crippen molar-refractivity contribution in [1.29, 1.82) is 0 Å². The molecule has 7 heterocycles. The second-order valence-corrected chi connectivity index (χ2v) is 22.8. The van der Waals surface area contributed by atoms with E-state index >= 15 is 0 Å². The molecule has 1 unspecified atom stereocenters. The minimum atomic E-state index is -1.09. The van der Waals surface area contributed by atoms with Crippen molar-refractivity contribution >= 4 is 45.7 Å². The highest BCUT2D eigenvalue weighted by Gasteiger charge is 2.50.